The number of aliphatic carboxylic acids is 2. The maximum absolute atomic E-state index is 14.0. The highest BCUT2D eigenvalue weighted by Gasteiger charge is 2.43. The number of rotatable bonds is 33. The largest absolute Gasteiger partial charge is 0.481 e. The van der Waals surface area contributed by atoms with Crippen LogP contribution in [0.4, 0.5) is 13.2 Å². The summed E-state index contributed by atoms with van der Waals surface area (Å²) in [7, 11) is -4.50. The Labute approximate surface area is 660 Å². The number of carbonyl (C=O) groups excluding carboxylic acids is 1. The molecular weight excluding hydrogens is 1460 g/mol. The molecule has 0 aliphatic carbocycles. The van der Waals surface area contributed by atoms with Crippen LogP contribution in [0.1, 0.15) is 170 Å². The number of hydrogen-bond acceptors (Lipinski definition) is 10. The van der Waals surface area contributed by atoms with E-state index in [4.69, 9.17) is 25.4 Å². The van der Waals surface area contributed by atoms with E-state index >= 15 is 0 Å². The predicted molar refractivity (Wildman–Crippen MR) is 454 cm³/mol. The minimum absolute atomic E-state index is 0.0161. The maximum atomic E-state index is 14.0. The van der Waals surface area contributed by atoms with Gasteiger partial charge in [-0.3, -0.25) is 19.4 Å². The van der Waals surface area contributed by atoms with Gasteiger partial charge in [-0.05, 0) is 180 Å². The molecule has 6 aromatic carbocycles. The first kappa shape index (κ1) is 90.0. The van der Waals surface area contributed by atoms with E-state index in [0.717, 1.165) is 89.6 Å². The van der Waals surface area contributed by atoms with Crippen LogP contribution < -0.4 is 16.8 Å². The Hall–Kier alpha value is -9.18. The van der Waals surface area contributed by atoms with Crippen molar-refractivity contribution in [1.29, 1.82) is 0 Å². The van der Waals surface area contributed by atoms with Gasteiger partial charge in [0.15, 0.2) is 22.6 Å². The zero-order chi connectivity index (χ0) is 82.7. The van der Waals surface area contributed by atoms with E-state index in [-0.39, 0.29) is 89.3 Å². The highest BCUT2D eigenvalue weighted by Crippen LogP contribution is 2.44. The average Bonchev–Trinajstić information content (AvgIpc) is 1.61. The topological polar surface area (TPSA) is 282 Å². The number of nitrogens with zero attached hydrogens (tertiary/aromatic N) is 4. The summed E-state index contributed by atoms with van der Waals surface area (Å²) in [4.78, 5) is 38.8. The monoisotopic (exact) mass is 1570 g/mol. The Morgan fingerprint density at radius 2 is 0.821 bits per heavy atom. The summed E-state index contributed by atoms with van der Waals surface area (Å²) in [6.45, 7) is 35.5. The number of aliphatic hydroxyl groups excluding tert-OH is 4. The van der Waals surface area contributed by atoms with E-state index in [1.54, 1.807) is 42.5 Å². The molecule has 0 aliphatic heterocycles. The molecule has 0 saturated heterocycles. The Balaban J connectivity index is 0.000000237. The number of fused-ring (bicyclic) bond motifs is 3. The van der Waals surface area contributed by atoms with Gasteiger partial charge in [-0.2, -0.15) is 0 Å². The maximum Gasteiger partial charge on any atom is 0.305 e. The second kappa shape index (κ2) is 40.0. The molecule has 112 heavy (non-hydrogen) atoms. The lowest BCUT2D eigenvalue weighted by Gasteiger charge is -2.42. The van der Waals surface area contributed by atoms with Crippen LogP contribution in [-0.2, 0) is 23.2 Å². The Morgan fingerprint density at radius 1 is 0.482 bits per heavy atom. The van der Waals surface area contributed by atoms with Gasteiger partial charge in [0.05, 0.1) is 55.9 Å². The molecule has 0 bridgehead atoms. The van der Waals surface area contributed by atoms with Gasteiger partial charge in [-0.25, -0.2) is 13.2 Å². The Kier molecular flexibility index (Phi) is 32.2. The van der Waals surface area contributed by atoms with Gasteiger partial charge in [0.2, 0.25) is 5.91 Å². The molecule has 0 fully saturated rings. The summed E-state index contributed by atoms with van der Waals surface area (Å²) < 4.78 is 61.5. The lowest BCUT2D eigenvalue weighted by molar-refractivity contribution is -0.140. The number of benzene rings is 6. The van der Waals surface area contributed by atoms with Crippen molar-refractivity contribution in [3.05, 3.63) is 198 Å². The number of aromatic nitrogens is 3. The van der Waals surface area contributed by atoms with Crippen molar-refractivity contribution in [3.63, 3.8) is 0 Å². The zero-order valence-corrected chi connectivity index (χ0v) is 69.9. The summed E-state index contributed by atoms with van der Waals surface area (Å²) in [5.74, 6) is -3.12. The smallest absolute Gasteiger partial charge is 0.305 e. The number of aliphatic hydroxyl groups is 4. The Morgan fingerprint density at radius 3 is 1.16 bits per heavy atom. The number of unbranched alkanes of at least 4 members (excludes halogenated alkanes) is 1. The van der Waals surface area contributed by atoms with E-state index < -0.39 is 65.5 Å². The zero-order valence-electron chi connectivity index (χ0n) is 67.9. The third kappa shape index (κ3) is 24.7. The van der Waals surface area contributed by atoms with Crippen LogP contribution in [-0.4, -0.2) is 134 Å². The van der Waals surface area contributed by atoms with Gasteiger partial charge in [0.1, 0.15) is 17.5 Å². The van der Waals surface area contributed by atoms with Crippen LogP contribution in [0.5, 0.6) is 0 Å². The first-order chi connectivity index (χ1) is 52.6. The number of nitrogens with two attached hydrogens (primary N) is 2. The van der Waals surface area contributed by atoms with E-state index in [1.165, 1.54) is 36.4 Å². The summed E-state index contributed by atoms with van der Waals surface area (Å²) in [6, 6.07) is 44.0. The summed E-state index contributed by atoms with van der Waals surface area (Å²) in [5, 5.41) is 65.5. The number of para-hydroxylation sites is 3. The minimum atomic E-state index is -2.25. The standard InChI is InChI=1S/C36H54FNO4Si2.C29H38FN5O3.C24H26FNO4/c1-25(2)38-31-16-14-13-15-30(31)34(26-17-19-27(37)20-18-26)32(38)22-21-28(41-43(9,10)35(3,4)5)23-29(24-33(39)40)42-44(11,12)36(6,7)8;1-19(2)35-25-8-4-3-7-24(25)28(20-9-11-21(30)12-10-20)26(35)14-13-22(36)17-23(37)18-27(38)33-15-5-6-16-34-29(31)32;1-15(2)26-21-6-4-3-5-20(21)24(16-7-9-17(25)10-8-16)22(26)12-11-18(27)13-19(28)14-23(29)30/h13-22,25,28-29H,23-24H2,1-12H3,(H,39,40);3-4,7-14,19,22-23,36-37H,5-6,15-18H2,1-2H3,(H,33,38)(H4,31,32,34);3-12,15,18-19,27-28H,13-14H2,1-2H3,(H,29,30)/b22-21+;14-13+;12-11+/t28-,29-;22-,23-;18-,19-/m100/s1. The minimum Gasteiger partial charge on any atom is -0.481 e. The van der Waals surface area contributed by atoms with Gasteiger partial charge >= 0.3 is 11.9 Å². The molecule has 23 heteroatoms. The molecule has 11 N–H and O–H groups in total. The van der Waals surface area contributed by atoms with Crippen LogP contribution in [0.15, 0.2) is 169 Å². The number of hydrogen-bond donors (Lipinski definition) is 9. The normalized spacial score (nSPS) is 14.1. The number of carbonyl (C=O) groups is 3. The quantitative estimate of drug-likeness (QED) is 0.00802. The van der Waals surface area contributed by atoms with Crippen molar-refractivity contribution in [2.24, 2.45) is 16.5 Å². The molecule has 0 radical (unpaired) electrons. The SMILES string of the molecule is CC(C)n1c(/C=C/[C@H](C[C@H](CC(=O)O)O[Si](C)(C)C(C)(C)C)O[Si](C)(C)C(C)(C)C)c(-c2ccc(F)cc2)c2ccccc21.CC(C)n1c(/C=C/[C@H](O)C[C@H](O)CC(=O)NCCCCN=C(N)N)c(-c2ccc(F)cc2)c2ccccc21.CC(C)n1c(/C=C/[C@H](O)C[C@H](O)CC(=O)O)c(-c2ccc(F)cc2)c2ccccc21. The third-order valence-electron chi connectivity index (χ3n) is 20.7. The number of amides is 1. The number of aliphatic imine (C=N–C) groups is 1. The van der Waals surface area contributed by atoms with E-state index in [2.05, 4.69) is 158 Å². The number of halogens is 3. The first-order valence-corrected chi connectivity index (χ1v) is 44.5. The van der Waals surface area contributed by atoms with Crippen LogP contribution in [0.2, 0.25) is 36.3 Å². The second-order valence-corrected chi connectivity index (χ2v) is 42.2. The average molecular weight is 1580 g/mol. The second-order valence-electron chi connectivity index (χ2n) is 32.7. The molecule has 0 aliphatic rings. The molecule has 0 unspecified atom stereocenters. The fraction of sp³-hybridized carbons (Fsp3) is 0.416. The van der Waals surface area contributed by atoms with Crippen molar-refractivity contribution in [2.75, 3.05) is 13.1 Å². The van der Waals surface area contributed by atoms with E-state index in [9.17, 15) is 53.1 Å². The molecule has 1 amide bonds. The van der Waals surface area contributed by atoms with Gasteiger partial charge in [-0.15, -0.1) is 0 Å². The molecular formula is C89H118F3N7O11Si2. The van der Waals surface area contributed by atoms with Crippen LogP contribution >= 0.6 is 0 Å². The molecule has 604 valence electrons. The highest BCUT2D eigenvalue weighted by atomic mass is 28.4. The number of carboxylic acids is 2. The van der Waals surface area contributed by atoms with Gasteiger partial charge < -0.3 is 70.0 Å². The predicted octanol–water partition coefficient (Wildman–Crippen LogP) is 19.0. The van der Waals surface area contributed by atoms with Crippen molar-refractivity contribution >= 4 is 91.4 Å². The van der Waals surface area contributed by atoms with Crippen LogP contribution in [0, 0.1) is 17.5 Å². The van der Waals surface area contributed by atoms with E-state index in [1.807, 2.05) is 78.9 Å². The first-order valence-electron chi connectivity index (χ1n) is 38.6. The Bertz CT molecular complexity index is 4720. The molecule has 0 spiro atoms. The molecule has 9 aromatic rings. The van der Waals surface area contributed by atoms with Gasteiger partial charge in [0, 0.05) is 117 Å². The van der Waals surface area contributed by atoms with Crippen molar-refractivity contribution < 1.29 is 67.0 Å². The lowest BCUT2D eigenvalue weighted by atomic mass is 10.0. The summed E-state index contributed by atoms with van der Waals surface area (Å²) in [6.07, 6.45) is 7.34. The number of carboxylic acid groups (broad SMARTS) is 2. The summed E-state index contributed by atoms with van der Waals surface area (Å²) >= 11 is 0. The van der Waals surface area contributed by atoms with Crippen molar-refractivity contribution in [3.8, 4) is 33.4 Å². The summed E-state index contributed by atoms with van der Waals surface area (Å²) in [5.41, 5.74) is 22.0. The molecule has 3 aromatic heterocycles. The molecule has 6 atom stereocenters. The third-order valence-corrected chi connectivity index (χ3v) is 29.7. The van der Waals surface area contributed by atoms with Gasteiger partial charge in [0.25, 0.3) is 0 Å². The fourth-order valence-electron chi connectivity index (χ4n) is 13.4. The molecule has 9 rings (SSSR count). The van der Waals surface area contributed by atoms with E-state index in [0.29, 0.717) is 25.9 Å². The lowest BCUT2D eigenvalue weighted by Crippen LogP contribution is -2.47. The number of guanidine groups is 1. The molecule has 0 saturated carbocycles. The van der Waals surface area contributed by atoms with Crippen LogP contribution in [0.3, 0.4) is 0 Å². The van der Waals surface area contributed by atoms with Gasteiger partial charge in [-0.1, -0.05) is 151 Å². The van der Waals surface area contributed by atoms with Crippen LogP contribution in [0.25, 0.3) is 84.3 Å². The fourth-order valence-corrected chi connectivity index (χ4v) is 16.0. The number of nitrogens with one attached hydrogen (secondary N) is 1. The molecule has 3 heterocycles. The van der Waals surface area contributed by atoms with Crippen molar-refractivity contribution in [2.45, 2.75) is 225 Å². The molecule has 18 nitrogen and oxygen atoms in total. The highest BCUT2D eigenvalue weighted by molar-refractivity contribution is 6.74. The van der Waals surface area contributed by atoms with Crippen molar-refractivity contribution in [1.82, 2.24) is 19.0 Å².